The monoisotopic (exact) mass is 266 g/mol. The first kappa shape index (κ1) is 15.3. The first-order valence-electron chi connectivity index (χ1n) is 8.76. The van der Waals surface area contributed by atoms with Crippen molar-refractivity contribution in [1.29, 1.82) is 0 Å². The van der Waals surface area contributed by atoms with E-state index < -0.39 is 0 Å². The van der Waals surface area contributed by atoms with Gasteiger partial charge in [0, 0.05) is 0 Å². The van der Waals surface area contributed by atoms with Gasteiger partial charge in [0.05, 0.1) is 0 Å². The molecule has 2 saturated carbocycles. The molecule has 0 amide bonds. The topological polar surface area (TPSA) is 38.0 Å². The third-order valence-corrected chi connectivity index (χ3v) is 5.07. The van der Waals surface area contributed by atoms with E-state index in [1.54, 1.807) is 0 Å². The van der Waals surface area contributed by atoms with Gasteiger partial charge in [-0.2, -0.15) is 0 Å². The molecule has 112 valence electrons. The van der Waals surface area contributed by atoms with E-state index in [-0.39, 0.29) is 0 Å². The van der Waals surface area contributed by atoms with Crippen molar-refractivity contribution in [1.82, 2.24) is 5.32 Å². The normalized spacial score (nSPS) is 21.0. The van der Waals surface area contributed by atoms with Crippen LogP contribution < -0.4 is 11.1 Å². The number of nitrogens with two attached hydrogens (primary N) is 1. The molecule has 2 fully saturated rings. The van der Waals surface area contributed by atoms with Crippen LogP contribution in [0.1, 0.15) is 64.7 Å². The fraction of sp³-hybridized carbons (Fsp3) is 1.00. The van der Waals surface area contributed by atoms with Crippen molar-refractivity contribution < 1.29 is 0 Å². The highest BCUT2D eigenvalue weighted by atomic mass is 14.9. The number of hydrogen-bond donors (Lipinski definition) is 2. The maximum absolute atomic E-state index is 5.69. The fourth-order valence-corrected chi connectivity index (χ4v) is 3.63. The van der Waals surface area contributed by atoms with Gasteiger partial charge < -0.3 is 11.1 Å². The summed E-state index contributed by atoms with van der Waals surface area (Å²) in [7, 11) is 0. The molecule has 2 heteroatoms. The van der Waals surface area contributed by atoms with Crippen LogP contribution in [0, 0.1) is 23.7 Å². The van der Waals surface area contributed by atoms with E-state index in [4.69, 9.17) is 5.73 Å². The van der Waals surface area contributed by atoms with Crippen molar-refractivity contribution in [3.63, 3.8) is 0 Å². The van der Waals surface area contributed by atoms with E-state index in [9.17, 15) is 0 Å². The minimum absolute atomic E-state index is 0.865. The second-order valence-electron chi connectivity index (χ2n) is 6.92. The average Bonchev–Trinajstić information content (AvgIpc) is 3.28. The highest BCUT2D eigenvalue weighted by molar-refractivity contribution is 4.92. The van der Waals surface area contributed by atoms with Crippen LogP contribution in [0.2, 0.25) is 0 Å². The van der Waals surface area contributed by atoms with Crippen molar-refractivity contribution in [2.75, 3.05) is 19.6 Å². The summed E-state index contributed by atoms with van der Waals surface area (Å²) in [5, 5.41) is 3.74. The predicted octanol–water partition coefficient (Wildman–Crippen LogP) is 3.56. The van der Waals surface area contributed by atoms with Gasteiger partial charge in [-0.25, -0.2) is 0 Å². The lowest BCUT2D eigenvalue weighted by molar-refractivity contribution is 0.364. The Hall–Kier alpha value is -0.0800. The molecule has 0 spiro atoms. The summed E-state index contributed by atoms with van der Waals surface area (Å²) in [5.74, 6) is 4.07. The zero-order chi connectivity index (χ0) is 13.5. The Morgan fingerprint density at radius 1 is 1.05 bits per heavy atom. The van der Waals surface area contributed by atoms with Crippen LogP contribution in [0.4, 0.5) is 0 Å². The highest BCUT2D eigenvalue weighted by Gasteiger charge is 2.40. The van der Waals surface area contributed by atoms with Crippen LogP contribution in [0.3, 0.4) is 0 Å². The Labute approximate surface area is 119 Å². The van der Waals surface area contributed by atoms with Crippen molar-refractivity contribution >= 4 is 0 Å². The summed E-state index contributed by atoms with van der Waals surface area (Å²) < 4.78 is 0. The molecular weight excluding hydrogens is 232 g/mol. The van der Waals surface area contributed by atoms with Crippen molar-refractivity contribution in [2.45, 2.75) is 64.7 Å². The SMILES string of the molecule is CCCC(CCN)CCCNCC(C1CC1)C1CC1. The zero-order valence-corrected chi connectivity index (χ0v) is 12.9. The Kier molecular flexibility index (Phi) is 6.66. The molecule has 0 heterocycles. The number of nitrogens with one attached hydrogen (secondary N) is 1. The minimum Gasteiger partial charge on any atom is -0.330 e. The summed E-state index contributed by atoms with van der Waals surface area (Å²) in [6.45, 7) is 5.67. The van der Waals surface area contributed by atoms with Crippen molar-refractivity contribution in [3.05, 3.63) is 0 Å². The average molecular weight is 266 g/mol. The van der Waals surface area contributed by atoms with Gasteiger partial charge in [0.25, 0.3) is 0 Å². The summed E-state index contributed by atoms with van der Waals surface area (Å²) in [6.07, 6.45) is 12.7. The maximum atomic E-state index is 5.69. The Balaban J connectivity index is 1.50. The van der Waals surface area contributed by atoms with Crippen LogP contribution in [0.25, 0.3) is 0 Å². The molecule has 1 unspecified atom stereocenters. The van der Waals surface area contributed by atoms with Crippen LogP contribution in [0.15, 0.2) is 0 Å². The van der Waals surface area contributed by atoms with Crippen molar-refractivity contribution in [3.8, 4) is 0 Å². The van der Waals surface area contributed by atoms with E-state index in [0.29, 0.717) is 0 Å². The van der Waals surface area contributed by atoms with Crippen LogP contribution >= 0.6 is 0 Å². The van der Waals surface area contributed by atoms with Gasteiger partial charge in [0.2, 0.25) is 0 Å². The second-order valence-corrected chi connectivity index (χ2v) is 6.92. The lowest BCUT2D eigenvalue weighted by Crippen LogP contribution is -2.26. The van der Waals surface area contributed by atoms with E-state index in [1.807, 2.05) is 0 Å². The molecule has 0 aromatic rings. The van der Waals surface area contributed by atoms with Crippen LogP contribution in [0.5, 0.6) is 0 Å². The number of rotatable bonds is 12. The molecule has 0 bridgehead atoms. The Bertz CT molecular complexity index is 215. The molecular formula is C17H34N2. The maximum Gasteiger partial charge on any atom is -0.00152 e. The highest BCUT2D eigenvalue weighted by Crippen LogP contribution is 2.48. The standard InChI is InChI=1S/C17H34N2/c1-2-4-14(10-11-18)5-3-12-19-13-17(15-6-7-15)16-8-9-16/h14-17,19H,2-13,18H2,1H3. The largest absolute Gasteiger partial charge is 0.330 e. The molecule has 19 heavy (non-hydrogen) atoms. The summed E-state index contributed by atoms with van der Waals surface area (Å²) in [4.78, 5) is 0. The minimum atomic E-state index is 0.865. The van der Waals surface area contributed by atoms with Gasteiger partial charge >= 0.3 is 0 Å². The smallest absolute Gasteiger partial charge is 0.00152 e. The van der Waals surface area contributed by atoms with Gasteiger partial charge in [-0.05, 0) is 88.3 Å². The van der Waals surface area contributed by atoms with E-state index in [1.165, 1.54) is 70.9 Å². The third kappa shape index (κ3) is 5.83. The summed E-state index contributed by atoms with van der Waals surface area (Å²) >= 11 is 0. The first-order valence-corrected chi connectivity index (χ1v) is 8.76. The van der Waals surface area contributed by atoms with Crippen molar-refractivity contribution in [2.24, 2.45) is 29.4 Å². The van der Waals surface area contributed by atoms with E-state index >= 15 is 0 Å². The molecule has 3 N–H and O–H groups in total. The van der Waals surface area contributed by atoms with Gasteiger partial charge in [-0.1, -0.05) is 19.8 Å². The first-order chi connectivity index (χ1) is 9.35. The summed E-state index contributed by atoms with van der Waals surface area (Å²) in [6, 6.07) is 0. The van der Waals surface area contributed by atoms with Gasteiger partial charge in [-0.15, -0.1) is 0 Å². The van der Waals surface area contributed by atoms with E-state index in [0.717, 1.165) is 30.2 Å². The zero-order valence-electron chi connectivity index (χ0n) is 12.9. The molecule has 2 nitrogen and oxygen atoms in total. The summed E-state index contributed by atoms with van der Waals surface area (Å²) in [5.41, 5.74) is 5.69. The molecule has 0 radical (unpaired) electrons. The van der Waals surface area contributed by atoms with Gasteiger partial charge in [0.1, 0.15) is 0 Å². The third-order valence-electron chi connectivity index (χ3n) is 5.07. The Morgan fingerprint density at radius 3 is 2.26 bits per heavy atom. The molecule has 0 aromatic heterocycles. The van der Waals surface area contributed by atoms with Crippen LogP contribution in [-0.2, 0) is 0 Å². The molecule has 0 saturated heterocycles. The number of hydrogen-bond acceptors (Lipinski definition) is 2. The van der Waals surface area contributed by atoms with Gasteiger partial charge in [-0.3, -0.25) is 0 Å². The quantitative estimate of drug-likeness (QED) is 0.530. The molecule has 0 aliphatic heterocycles. The molecule has 0 aromatic carbocycles. The Morgan fingerprint density at radius 2 is 1.74 bits per heavy atom. The van der Waals surface area contributed by atoms with Gasteiger partial charge in [0.15, 0.2) is 0 Å². The molecule has 2 rings (SSSR count). The van der Waals surface area contributed by atoms with Crippen LogP contribution in [-0.4, -0.2) is 19.6 Å². The second kappa shape index (κ2) is 8.26. The molecule has 2 aliphatic rings. The lowest BCUT2D eigenvalue weighted by Gasteiger charge is -2.18. The predicted molar refractivity (Wildman–Crippen MR) is 83.1 cm³/mol. The lowest BCUT2D eigenvalue weighted by atomic mass is 9.94. The molecule has 1 atom stereocenters. The van der Waals surface area contributed by atoms with E-state index in [2.05, 4.69) is 12.2 Å². The molecule has 2 aliphatic carbocycles. The fourth-order valence-electron chi connectivity index (χ4n) is 3.63.